The first-order valence-corrected chi connectivity index (χ1v) is 6.56. The minimum absolute atomic E-state index is 0.217. The first-order valence-electron chi connectivity index (χ1n) is 5.76. The van der Waals surface area contributed by atoms with Crippen LogP contribution in [-0.2, 0) is 16.9 Å². The van der Waals surface area contributed by atoms with Crippen molar-refractivity contribution in [1.29, 1.82) is 0 Å². The van der Waals surface area contributed by atoms with E-state index in [0.717, 1.165) is 23.0 Å². The van der Waals surface area contributed by atoms with Crippen molar-refractivity contribution in [2.45, 2.75) is 25.0 Å². The van der Waals surface area contributed by atoms with Gasteiger partial charge in [0.05, 0.1) is 29.5 Å². The summed E-state index contributed by atoms with van der Waals surface area (Å²) in [7, 11) is 1.65. The molecule has 1 atom stereocenters. The molecule has 3 N–H and O–H groups in total. The molecule has 1 aliphatic rings. The van der Waals surface area contributed by atoms with E-state index in [2.05, 4.69) is 21.0 Å². The van der Waals surface area contributed by atoms with Gasteiger partial charge in [-0.1, -0.05) is 0 Å². The second kappa shape index (κ2) is 5.06. The molecule has 1 heterocycles. The molecule has 6 heteroatoms. The Balaban J connectivity index is 2.31. The van der Waals surface area contributed by atoms with Gasteiger partial charge in [-0.15, -0.1) is 0 Å². The Hall–Kier alpha value is -0.430. The third kappa shape index (κ3) is 2.40. The van der Waals surface area contributed by atoms with Crippen molar-refractivity contribution in [1.82, 2.24) is 9.78 Å². The topological polar surface area (TPSA) is 73.3 Å². The summed E-state index contributed by atoms with van der Waals surface area (Å²) in [5, 5.41) is 15.0. The second-order valence-electron chi connectivity index (χ2n) is 4.46. The fourth-order valence-electron chi connectivity index (χ4n) is 2.16. The summed E-state index contributed by atoms with van der Waals surface area (Å²) in [6.45, 7) is 1.40. The smallest absolute Gasteiger partial charge is 0.122 e. The lowest BCUT2D eigenvalue weighted by Gasteiger charge is -2.28. The minimum atomic E-state index is -0.969. The molecule has 0 aromatic carbocycles. The van der Waals surface area contributed by atoms with Gasteiger partial charge in [-0.05, 0) is 34.7 Å². The Morgan fingerprint density at radius 3 is 2.94 bits per heavy atom. The molecule has 0 bridgehead atoms. The van der Waals surface area contributed by atoms with E-state index in [1.807, 2.05) is 0 Å². The summed E-state index contributed by atoms with van der Waals surface area (Å²) < 4.78 is 7.63. The molecule has 1 aliphatic carbocycles. The molecular weight excluding hydrogens is 286 g/mol. The van der Waals surface area contributed by atoms with E-state index in [9.17, 15) is 5.11 Å². The number of aliphatic hydroxyl groups is 1. The molecule has 1 aromatic heterocycles. The zero-order chi connectivity index (χ0) is 12.5. The maximum atomic E-state index is 10.7. The van der Waals surface area contributed by atoms with Gasteiger partial charge in [-0.2, -0.15) is 5.10 Å². The van der Waals surface area contributed by atoms with Crippen molar-refractivity contribution in [3.05, 3.63) is 16.4 Å². The standard InChI is InChI=1S/C11H18BrN3O2/c1-17-5-4-15-10(9(12)6-14-15)11(16,7-13)8-2-3-8/h6,8,16H,2-5,7,13H2,1H3. The Kier molecular flexibility index (Phi) is 3.87. The molecule has 1 saturated carbocycles. The molecule has 1 aromatic rings. The van der Waals surface area contributed by atoms with Crippen molar-refractivity contribution in [2.24, 2.45) is 11.7 Å². The Labute approximate surface area is 109 Å². The van der Waals surface area contributed by atoms with Crippen molar-refractivity contribution in [3.8, 4) is 0 Å². The van der Waals surface area contributed by atoms with Gasteiger partial charge >= 0.3 is 0 Å². The SMILES string of the molecule is COCCn1ncc(Br)c1C(O)(CN)C1CC1. The first kappa shape index (κ1) is 13.0. The van der Waals surface area contributed by atoms with Gasteiger partial charge < -0.3 is 15.6 Å². The lowest BCUT2D eigenvalue weighted by Crippen LogP contribution is -2.40. The summed E-state index contributed by atoms with van der Waals surface area (Å²) in [6.07, 6.45) is 3.75. The van der Waals surface area contributed by atoms with Crippen LogP contribution in [0.15, 0.2) is 10.7 Å². The van der Waals surface area contributed by atoms with Crippen molar-refractivity contribution in [3.63, 3.8) is 0 Å². The highest BCUT2D eigenvalue weighted by atomic mass is 79.9. The average Bonchev–Trinajstić information content (AvgIpc) is 3.11. The van der Waals surface area contributed by atoms with Crippen LogP contribution in [0.1, 0.15) is 18.5 Å². The largest absolute Gasteiger partial charge is 0.383 e. The van der Waals surface area contributed by atoms with E-state index < -0.39 is 5.60 Å². The molecule has 5 nitrogen and oxygen atoms in total. The van der Waals surface area contributed by atoms with E-state index in [0.29, 0.717) is 13.2 Å². The van der Waals surface area contributed by atoms with Crippen LogP contribution in [0.3, 0.4) is 0 Å². The normalized spacial score (nSPS) is 19.3. The van der Waals surface area contributed by atoms with E-state index in [-0.39, 0.29) is 12.5 Å². The van der Waals surface area contributed by atoms with Gasteiger partial charge in [0.2, 0.25) is 0 Å². The van der Waals surface area contributed by atoms with Crippen LogP contribution in [-0.4, -0.2) is 35.1 Å². The Morgan fingerprint density at radius 1 is 1.71 bits per heavy atom. The number of nitrogens with two attached hydrogens (primary N) is 1. The number of halogens is 1. The van der Waals surface area contributed by atoms with E-state index in [1.54, 1.807) is 18.0 Å². The molecule has 1 fully saturated rings. The molecule has 0 saturated heterocycles. The number of rotatable bonds is 6. The van der Waals surface area contributed by atoms with E-state index in [1.165, 1.54) is 0 Å². The third-order valence-electron chi connectivity index (χ3n) is 3.28. The van der Waals surface area contributed by atoms with E-state index >= 15 is 0 Å². The number of nitrogens with zero attached hydrogens (tertiary/aromatic N) is 2. The molecule has 0 radical (unpaired) electrons. The average molecular weight is 304 g/mol. The third-order valence-corrected chi connectivity index (χ3v) is 3.86. The zero-order valence-electron chi connectivity index (χ0n) is 9.90. The quantitative estimate of drug-likeness (QED) is 0.817. The van der Waals surface area contributed by atoms with Crippen molar-refractivity contribution >= 4 is 15.9 Å². The Morgan fingerprint density at radius 2 is 2.41 bits per heavy atom. The van der Waals surface area contributed by atoms with Crippen LogP contribution in [0.4, 0.5) is 0 Å². The highest BCUT2D eigenvalue weighted by Crippen LogP contribution is 2.46. The molecule has 1 unspecified atom stereocenters. The van der Waals surface area contributed by atoms with Gasteiger partial charge in [0.25, 0.3) is 0 Å². The van der Waals surface area contributed by atoms with Crippen LogP contribution in [0, 0.1) is 5.92 Å². The van der Waals surface area contributed by atoms with Crippen LogP contribution in [0.25, 0.3) is 0 Å². The molecular formula is C11H18BrN3O2. The Bertz CT molecular complexity index is 392. The van der Waals surface area contributed by atoms with Crippen LogP contribution < -0.4 is 5.73 Å². The van der Waals surface area contributed by atoms with Crippen LogP contribution in [0.5, 0.6) is 0 Å². The van der Waals surface area contributed by atoms with Crippen LogP contribution >= 0.6 is 15.9 Å². The summed E-state index contributed by atoms with van der Waals surface area (Å²) in [5.74, 6) is 0.252. The van der Waals surface area contributed by atoms with Gasteiger partial charge in [0.1, 0.15) is 5.60 Å². The van der Waals surface area contributed by atoms with Gasteiger partial charge in [0.15, 0.2) is 0 Å². The lowest BCUT2D eigenvalue weighted by atomic mass is 9.93. The fraction of sp³-hybridized carbons (Fsp3) is 0.727. The van der Waals surface area contributed by atoms with E-state index in [4.69, 9.17) is 10.5 Å². The number of ether oxygens (including phenoxy) is 1. The lowest BCUT2D eigenvalue weighted by molar-refractivity contribution is 0.0114. The molecule has 0 spiro atoms. The summed E-state index contributed by atoms with van der Waals surface area (Å²) in [5.41, 5.74) is 5.57. The van der Waals surface area contributed by atoms with Crippen molar-refractivity contribution < 1.29 is 9.84 Å². The van der Waals surface area contributed by atoms with Gasteiger partial charge in [-0.25, -0.2) is 0 Å². The molecule has 17 heavy (non-hydrogen) atoms. The number of hydrogen-bond donors (Lipinski definition) is 2. The summed E-state index contributed by atoms with van der Waals surface area (Å²) in [6, 6.07) is 0. The maximum absolute atomic E-state index is 10.7. The highest BCUT2D eigenvalue weighted by molar-refractivity contribution is 9.10. The second-order valence-corrected chi connectivity index (χ2v) is 5.31. The molecule has 2 rings (SSSR count). The molecule has 0 amide bonds. The van der Waals surface area contributed by atoms with Crippen molar-refractivity contribution in [2.75, 3.05) is 20.3 Å². The highest BCUT2D eigenvalue weighted by Gasteiger charge is 2.47. The predicted molar refractivity (Wildman–Crippen MR) is 67.5 cm³/mol. The monoisotopic (exact) mass is 303 g/mol. The van der Waals surface area contributed by atoms with Crippen LogP contribution in [0.2, 0.25) is 0 Å². The number of hydrogen-bond acceptors (Lipinski definition) is 4. The molecule has 0 aliphatic heterocycles. The minimum Gasteiger partial charge on any atom is -0.383 e. The molecule has 96 valence electrons. The fourth-order valence-corrected chi connectivity index (χ4v) is 2.80. The maximum Gasteiger partial charge on any atom is 0.122 e. The first-order chi connectivity index (χ1) is 8.13. The summed E-state index contributed by atoms with van der Waals surface area (Å²) in [4.78, 5) is 0. The number of methoxy groups -OCH3 is 1. The number of aromatic nitrogens is 2. The van der Waals surface area contributed by atoms with Gasteiger partial charge in [-0.3, -0.25) is 4.68 Å². The zero-order valence-corrected chi connectivity index (χ0v) is 11.5. The summed E-state index contributed by atoms with van der Waals surface area (Å²) >= 11 is 3.44. The van der Waals surface area contributed by atoms with Gasteiger partial charge in [0, 0.05) is 13.7 Å². The predicted octanol–water partition coefficient (Wildman–Crippen LogP) is 0.848.